The monoisotopic (exact) mass is 263 g/mol. The first-order valence-corrected chi connectivity index (χ1v) is 6.84. The van der Waals surface area contributed by atoms with Crippen LogP contribution < -0.4 is 5.32 Å². The van der Waals surface area contributed by atoms with Gasteiger partial charge in [0.05, 0.1) is 4.92 Å². The van der Waals surface area contributed by atoms with Crippen molar-refractivity contribution >= 4 is 11.4 Å². The van der Waals surface area contributed by atoms with Crippen LogP contribution >= 0.6 is 0 Å². The smallest absolute Gasteiger partial charge is 0.292 e. The maximum atomic E-state index is 11.1. The van der Waals surface area contributed by atoms with E-state index in [-0.39, 0.29) is 10.6 Å². The van der Waals surface area contributed by atoms with Crippen LogP contribution in [0.2, 0.25) is 0 Å². The van der Waals surface area contributed by atoms with E-state index in [2.05, 4.69) is 17.1 Å². The van der Waals surface area contributed by atoms with E-state index in [1.165, 1.54) is 0 Å². The molecule has 1 N–H and O–H groups in total. The number of aryl methyl sites for hydroxylation is 1. The summed E-state index contributed by atoms with van der Waals surface area (Å²) in [5.41, 5.74) is 1.74. The van der Waals surface area contributed by atoms with E-state index in [9.17, 15) is 10.1 Å². The summed E-state index contributed by atoms with van der Waals surface area (Å²) in [6.45, 7) is 7.24. The summed E-state index contributed by atoms with van der Waals surface area (Å²) < 4.78 is 0. The summed E-state index contributed by atoms with van der Waals surface area (Å²) in [6, 6.07) is 5.70. The molecule has 1 aliphatic heterocycles. The third-order valence-corrected chi connectivity index (χ3v) is 3.74. The van der Waals surface area contributed by atoms with Crippen LogP contribution in [0.25, 0.3) is 0 Å². The van der Waals surface area contributed by atoms with Gasteiger partial charge in [0.15, 0.2) is 0 Å². The highest BCUT2D eigenvalue weighted by atomic mass is 16.6. The third-order valence-electron chi connectivity index (χ3n) is 3.74. The Labute approximate surface area is 113 Å². The summed E-state index contributed by atoms with van der Waals surface area (Å²) in [7, 11) is 0. The lowest BCUT2D eigenvalue weighted by Gasteiger charge is -2.31. The lowest BCUT2D eigenvalue weighted by atomic mass is 10.0. The van der Waals surface area contributed by atoms with E-state index in [1.54, 1.807) is 6.07 Å². The minimum Gasteiger partial charge on any atom is -0.377 e. The summed E-state index contributed by atoms with van der Waals surface area (Å²) >= 11 is 0. The normalized spacial score (nSPS) is 17.4. The summed E-state index contributed by atoms with van der Waals surface area (Å²) in [5, 5.41) is 14.4. The standard InChI is InChI=1S/C14H21N3O2/c1-3-16-8-6-12(7-9-16)15-13-5-4-11(2)10-14(13)17(18)19/h4-5,10,12,15H,3,6-9H2,1-2H3. The van der Waals surface area contributed by atoms with Crippen molar-refractivity contribution in [3.05, 3.63) is 33.9 Å². The Kier molecular flexibility index (Phi) is 4.37. The number of likely N-dealkylation sites (tertiary alicyclic amines) is 1. The first-order valence-electron chi connectivity index (χ1n) is 6.84. The molecular formula is C14H21N3O2. The molecule has 0 aliphatic carbocycles. The van der Waals surface area contributed by atoms with Crippen LogP contribution in [0, 0.1) is 17.0 Å². The van der Waals surface area contributed by atoms with Gasteiger partial charge in [0.1, 0.15) is 5.69 Å². The van der Waals surface area contributed by atoms with Crippen molar-refractivity contribution in [3.8, 4) is 0 Å². The van der Waals surface area contributed by atoms with Crippen molar-refractivity contribution in [2.75, 3.05) is 25.0 Å². The molecule has 0 atom stereocenters. The van der Waals surface area contributed by atoms with Gasteiger partial charge >= 0.3 is 0 Å². The number of nitrogens with one attached hydrogen (secondary N) is 1. The Morgan fingerprint density at radius 3 is 2.68 bits per heavy atom. The van der Waals surface area contributed by atoms with Crippen molar-refractivity contribution in [3.63, 3.8) is 0 Å². The fourth-order valence-corrected chi connectivity index (χ4v) is 2.53. The third kappa shape index (κ3) is 3.44. The Balaban J connectivity index is 2.05. The number of nitro groups is 1. The molecule has 5 heteroatoms. The molecule has 104 valence electrons. The lowest BCUT2D eigenvalue weighted by Crippen LogP contribution is -2.38. The van der Waals surface area contributed by atoms with Crippen LogP contribution in [0.15, 0.2) is 18.2 Å². The van der Waals surface area contributed by atoms with Crippen LogP contribution in [0.3, 0.4) is 0 Å². The van der Waals surface area contributed by atoms with Gasteiger partial charge in [-0.1, -0.05) is 13.0 Å². The number of rotatable bonds is 4. The predicted octanol–water partition coefficient (Wildman–Crippen LogP) is 2.80. The van der Waals surface area contributed by atoms with Gasteiger partial charge in [-0.05, 0) is 37.9 Å². The number of piperidine rings is 1. The Morgan fingerprint density at radius 2 is 2.11 bits per heavy atom. The van der Waals surface area contributed by atoms with E-state index in [1.807, 2.05) is 19.1 Å². The predicted molar refractivity (Wildman–Crippen MR) is 76.6 cm³/mol. The SMILES string of the molecule is CCN1CCC(Nc2ccc(C)cc2[N+](=O)[O-])CC1. The van der Waals surface area contributed by atoms with Crippen molar-refractivity contribution < 1.29 is 4.92 Å². The number of benzene rings is 1. The topological polar surface area (TPSA) is 58.4 Å². The highest BCUT2D eigenvalue weighted by Crippen LogP contribution is 2.27. The molecule has 1 aromatic carbocycles. The van der Waals surface area contributed by atoms with Crippen molar-refractivity contribution in [1.82, 2.24) is 4.90 Å². The van der Waals surface area contributed by atoms with E-state index < -0.39 is 0 Å². The molecule has 1 heterocycles. The minimum absolute atomic E-state index is 0.179. The van der Waals surface area contributed by atoms with Gasteiger partial charge in [-0.15, -0.1) is 0 Å². The molecule has 1 saturated heterocycles. The second-order valence-corrected chi connectivity index (χ2v) is 5.13. The summed E-state index contributed by atoms with van der Waals surface area (Å²) in [4.78, 5) is 13.2. The average Bonchev–Trinajstić information content (AvgIpc) is 2.41. The van der Waals surface area contributed by atoms with E-state index >= 15 is 0 Å². The maximum absolute atomic E-state index is 11.1. The molecule has 5 nitrogen and oxygen atoms in total. The number of anilines is 1. The molecule has 1 aliphatic rings. The van der Waals surface area contributed by atoms with Crippen LogP contribution in [0.4, 0.5) is 11.4 Å². The first kappa shape index (κ1) is 13.8. The number of hydrogen-bond acceptors (Lipinski definition) is 4. The zero-order valence-electron chi connectivity index (χ0n) is 11.6. The number of nitrogens with zero attached hydrogens (tertiary/aromatic N) is 2. The quantitative estimate of drug-likeness (QED) is 0.670. The van der Waals surface area contributed by atoms with Crippen LogP contribution in [-0.2, 0) is 0 Å². The van der Waals surface area contributed by atoms with Crippen molar-refractivity contribution in [2.24, 2.45) is 0 Å². The molecule has 0 aromatic heterocycles. The molecule has 1 fully saturated rings. The molecule has 0 unspecified atom stereocenters. The van der Waals surface area contributed by atoms with Gasteiger partial charge < -0.3 is 10.2 Å². The lowest BCUT2D eigenvalue weighted by molar-refractivity contribution is -0.384. The van der Waals surface area contributed by atoms with Crippen molar-refractivity contribution in [2.45, 2.75) is 32.7 Å². The van der Waals surface area contributed by atoms with Gasteiger partial charge in [-0.2, -0.15) is 0 Å². The molecular weight excluding hydrogens is 242 g/mol. The average molecular weight is 263 g/mol. The molecule has 1 aromatic rings. The number of hydrogen-bond donors (Lipinski definition) is 1. The fourth-order valence-electron chi connectivity index (χ4n) is 2.53. The van der Waals surface area contributed by atoms with Gasteiger partial charge in [-0.3, -0.25) is 10.1 Å². The van der Waals surface area contributed by atoms with Gasteiger partial charge in [-0.25, -0.2) is 0 Å². The zero-order chi connectivity index (χ0) is 13.8. The highest BCUT2D eigenvalue weighted by molar-refractivity contribution is 5.63. The molecule has 0 radical (unpaired) electrons. The molecule has 19 heavy (non-hydrogen) atoms. The van der Waals surface area contributed by atoms with Crippen LogP contribution in [-0.4, -0.2) is 35.5 Å². The highest BCUT2D eigenvalue weighted by Gasteiger charge is 2.21. The Hall–Kier alpha value is -1.62. The molecule has 0 bridgehead atoms. The second kappa shape index (κ2) is 6.02. The van der Waals surface area contributed by atoms with Crippen molar-refractivity contribution in [1.29, 1.82) is 0 Å². The first-order chi connectivity index (χ1) is 9.10. The van der Waals surface area contributed by atoms with Gasteiger partial charge in [0, 0.05) is 25.2 Å². The summed E-state index contributed by atoms with van der Waals surface area (Å²) in [5.74, 6) is 0. The molecule has 0 amide bonds. The van der Waals surface area contributed by atoms with Crippen LogP contribution in [0.1, 0.15) is 25.3 Å². The molecule has 0 spiro atoms. The van der Waals surface area contributed by atoms with Gasteiger partial charge in [0.25, 0.3) is 5.69 Å². The largest absolute Gasteiger partial charge is 0.377 e. The van der Waals surface area contributed by atoms with E-state index in [0.717, 1.165) is 38.0 Å². The zero-order valence-corrected chi connectivity index (χ0v) is 11.6. The Bertz CT molecular complexity index is 454. The minimum atomic E-state index is -0.309. The number of nitro benzene ring substituents is 1. The second-order valence-electron chi connectivity index (χ2n) is 5.13. The van der Waals surface area contributed by atoms with E-state index in [0.29, 0.717) is 11.7 Å². The van der Waals surface area contributed by atoms with Crippen LogP contribution in [0.5, 0.6) is 0 Å². The Morgan fingerprint density at radius 1 is 1.42 bits per heavy atom. The fraction of sp³-hybridized carbons (Fsp3) is 0.571. The van der Waals surface area contributed by atoms with E-state index in [4.69, 9.17) is 0 Å². The summed E-state index contributed by atoms with van der Waals surface area (Å²) in [6.07, 6.45) is 2.08. The van der Waals surface area contributed by atoms with Gasteiger partial charge in [0.2, 0.25) is 0 Å². The molecule has 2 rings (SSSR count). The molecule has 0 saturated carbocycles. The maximum Gasteiger partial charge on any atom is 0.292 e.